The second-order valence-electron chi connectivity index (χ2n) is 6.40. The lowest BCUT2D eigenvalue weighted by molar-refractivity contribution is 0.0704. The van der Waals surface area contributed by atoms with E-state index in [1.54, 1.807) is 0 Å². The van der Waals surface area contributed by atoms with Gasteiger partial charge in [0.05, 0.1) is 5.56 Å². The Hall–Kier alpha value is -0.620. The molecule has 1 N–H and O–H groups in total. The quantitative estimate of drug-likeness (QED) is 0.791. The molecule has 0 radical (unpaired) electrons. The van der Waals surface area contributed by atoms with Crippen LogP contribution in [-0.4, -0.2) is 36.5 Å². The molecule has 114 valence electrons. The van der Waals surface area contributed by atoms with Crippen molar-refractivity contribution in [3.8, 4) is 0 Å². The summed E-state index contributed by atoms with van der Waals surface area (Å²) >= 11 is 2.26. The van der Waals surface area contributed by atoms with E-state index >= 15 is 0 Å². The summed E-state index contributed by atoms with van der Waals surface area (Å²) in [5.41, 5.74) is 2.01. The third-order valence-corrected chi connectivity index (χ3v) is 5.47. The molecule has 0 spiro atoms. The summed E-state index contributed by atoms with van der Waals surface area (Å²) in [5, 5.41) is 3.66. The van der Waals surface area contributed by atoms with Gasteiger partial charge in [-0.15, -0.1) is 0 Å². The summed E-state index contributed by atoms with van der Waals surface area (Å²) in [5.74, 6) is 1.13. The molecule has 1 aliphatic heterocycles. The van der Waals surface area contributed by atoms with Crippen molar-refractivity contribution in [1.29, 1.82) is 0 Å². The maximum atomic E-state index is 12.7. The van der Waals surface area contributed by atoms with Gasteiger partial charge in [0.1, 0.15) is 0 Å². The van der Waals surface area contributed by atoms with Gasteiger partial charge in [-0.3, -0.25) is 4.79 Å². The third kappa shape index (κ3) is 3.97. The first-order valence-electron chi connectivity index (χ1n) is 7.92. The van der Waals surface area contributed by atoms with Crippen LogP contribution in [-0.2, 0) is 0 Å². The minimum Gasteiger partial charge on any atom is -0.338 e. The highest BCUT2D eigenvalue weighted by Crippen LogP contribution is 2.28. The Morgan fingerprint density at radius 3 is 2.67 bits per heavy atom. The molecule has 2 aliphatic rings. The van der Waals surface area contributed by atoms with Crippen molar-refractivity contribution in [2.45, 2.75) is 38.6 Å². The number of nitrogens with zero attached hydrogens (tertiary/aromatic N) is 1. The first-order valence-corrected chi connectivity index (χ1v) is 9.00. The van der Waals surface area contributed by atoms with Crippen LogP contribution in [0.25, 0.3) is 0 Å². The lowest BCUT2D eigenvalue weighted by Crippen LogP contribution is -2.45. The Morgan fingerprint density at radius 1 is 1.29 bits per heavy atom. The lowest BCUT2D eigenvalue weighted by Gasteiger charge is -2.33. The molecule has 0 bridgehead atoms. The average Bonchev–Trinajstić information content (AvgIpc) is 3.32. The highest BCUT2D eigenvalue weighted by atomic mass is 127. The van der Waals surface area contributed by atoms with E-state index in [0.717, 1.165) is 46.5 Å². The van der Waals surface area contributed by atoms with Crippen molar-refractivity contribution in [2.24, 2.45) is 5.92 Å². The third-order valence-electron chi connectivity index (χ3n) is 4.53. The van der Waals surface area contributed by atoms with Crippen molar-refractivity contribution in [2.75, 3.05) is 19.6 Å². The van der Waals surface area contributed by atoms with Crippen LogP contribution >= 0.6 is 22.6 Å². The summed E-state index contributed by atoms with van der Waals surface area (Å²) in [6.07, 6.45) is 4.97. The van der Waals surface area contributed by atoms with Gasteiger partial charge in [0.25, 0.3) is 5.91 Å². The largest absolute Gasteiger partial charge is 0.338 e. The minimum atomic E-state index is 0.198. The molecule has 1 saturated heterocycles. The van der Waals surface area contributed by atoms with Crippen LogP contribution in [0.1, 0.15) is 41.6 Å². The Kier molecular flexibility index (Phi) is 4.84. The van der Waals surface area contributed by atoms with Crippen molar-refractivity contribution >= 4 is 28.5 Å². The van der Waals surface area contributed by atoms with Gasteiger partial charge in [0.15, 0.2) is 0 Å². The number of hydrogen-bond donors (Lipinski definition) is 1. The van der Waals surface area contributed by atoms with Gasteiger partial charge in [-0.1, -0.05) is 11.6 Å². The van der Waals surface area contributed by atoms with E-state index in [0.29, 0.717) is 6.04 Å². The van der Waals surface area contributed by atoms with E-state index < -0.39 is 0 Å². The number of rotatable bonds is 4. The monoisotopic (exact) mass is 398 g/mol. The first kappa shape index (κ1) is 15.3. The highest BCUT2D eigenvalue weighted by Gasteiger charge is 2.26. The summed E-state index contributed by atoms with van der Waals surface area (Å²) in [7, 11) is 0. The van der Waals surface area contributed by atoms with E-state index in [1.807, 2.05) is 24.0 Å². The van der Waals surface area contributed by atoms with E-state index in [2.05, 4.69) is 34.0 Å². The van der Waals surface area contributed by atoms with Gasteiger partial charge in [-0.2, -0.15) is 0 Å². The lowest BCUT2D eigenvalue weighted by atomic mass is 10.0. The topological polar surface area (TPSA) is 32.3 Å². The minimum absolute atomic E-state index is 0.198. The molecule has 0 unspecified atom stereocenters. The number of halogens is 1. The molecule has 0 aromatic heterocycles. The van der Waals surface area contributed by atoms with Gasteiger partial charge in [-0.25, -0.2) is 0 Å². The molecular formula is C17H23IN2O. The molecule has 3 nitrogen and oxygen atoms in total. The SMILES string of the molecule is Cc1ccc(I)c(C(=O)N2CCC(NCC3CC3)CC2)c1. The maximum absolute atomic E-state index is 12.7. The molecule has 1 saturated carbocycles. The second-order valence-corrected chi connectivity index (χ2v) is 7.56. The summed E-state index contributed by atoms with van der Waals surface area (Å²) in [6, 6.07) is 6.72. The van der Waals surface area contributed by atoms with Gasteiger partial charge >= 0.3 is 0 Å². The van der Waals surface area contributed by atoms with Gasteiger partial charge in [-0.05, 0) is 79.8 Å². The van der Waals surface area contributed by atoms with Gasteiger partial charge < -0.3 is 10.2 Å². The normalized spacial score (nSPS) is 19.8. The van der Waals surface area contributed by atoms with Crippen LogP contribution in [0.4, 0.5) is 0 Å². The molecule has 1 aromatic carbocycles. The smallest absolute Gasteiger partial charge is 0.254 e. The van der Waals surface area contributed by atoms with Crippen molar-refractivity contribution in [1.82, 2.24) is 10.2 Å². The highest BCUT2D eigenvalue weighted by molar-refractivity contribution is 14.1. The second kappa shape index (κ2) is 6.65. The average molecular weight is 398 g/mol. The van der Waals surface area contributed by atoms with Crippen LogP contribution < -0.4 is 5.32 Å². The van der Waals surface area contributed by atoms with Crippen molar-refractivity contribution in [3.05, 3.63) is 32.9 Å². The zero-order valence-corrected chi connectivity index (χ0v) is 14.7. The van der Waals surface area contributed by atoms with Crippen LogP contribution in [0.5, 0.6) is 0 Å². The fourth-order valence-corrected chi connectivity index (χ4v) is 3.48. The zero-order valence-electron chi connectivity index (χ0n) is 12.6. The summed E-state index contributed by atoms with van der Waals surface area (Å²) in [6.45, 7) is 4.98. The molecular weight excluding hydrogens is 375 g/mol. The fourth-order valence-electron chi connectivity index (χ4n) is 2.92. The van der Waals surface area contributed by atoms with Crippen molar-refractivity contribution < 1.29 is 4.79 Å². The van der Waals surface area contributed by atoms with E-state index in [9.17, 15) is 4.79 Å². The number of carbonyl (C=O) groups is 1. The molecule has 1 aromatic rings. The number of aryl methyl sites for hydroxylation is 1. The fraction of sp³-hybridized carbons (Fsp3) is 0.588. The Labute approximate surface area is 140 Å². The zero-order chi connectivity index (χ0) is 14.8. The predicted molar refractivity (Wildman–Crippen MR) is 93.5 cm³/mol. The number of piperidine rings is 1. The van der Waals surface area contributed by atoms with Crippen LogP contribution in [0.3, 0.4) is 0 Å². The predicted octanol–water partition coefficient (Wildman–Crippen LogP) is 3.20. The molecule has 1 amide bonds. The number of amides is 1. The Balaban J connectivity index is 1.55. The number of hydrogen-bond acceptors (Lipinski definition) is 2. The van der Waals surface area contributed by atoms with E-state index in [1.165, 1.54) is 19.4 Å². The van der Waals surface area contributed by atoms with Crippen LogP contribution in [0.2, 0.25) is 0 Å². The molecule has 2 fully saturated rings. The number of benzene rings is 1. The number of carbonyl (C=O) groups excluding carboxylic acids is 1. The van der Waals surface area contributed by atoms with E-state index in [4.69, 9.17) is 0 Å². The molecule has 1 aliphatic carbocycles. The molecule has 0 atom stereocenters. The van der Waals surface area contributed by atoms with Crippen LogP contribution in [0, 0.1) is 16.4 Å². The van der Waals surface area contributed by atoms with Gasteiger partial charge in [0, 0.05) is 22.7 Å². The number of likely N-dealkylation sites (tertiary alicyclic amines) is 1. The number of nitrogens with one attached hydrogen (secondary N) is 1. The Bertz CT molecular complexity index is 520. The molecule has 1 heterocycles. The molecule has 3 rings (SSSR count). The standard InChI is InChI=1S/C17H23IN2O/c1-12-2-5-16(18)15(10-12)17(21)20-8-6-14(7-9-20)19-11-13-3-4-13/h2,5,10,13-14,19H,3-4,6-9,11H2,1H3. The van der Waals surface area contributed by atoms with Crippen molar-refractivity contribution in [3.63, 3.8) is 0 Å². The summed E-state index contributed by atoms with van der Waals surface area (Å²) in [4.78, 5) is 14.7. The Morgan fingerprint density at radius 2 is 2.00 bits per heavy atom. The maximum Gasteiger partial charge on any atom is 0.254 e. The van der Waals surface area contributed by atoms with Gasteiger partial charge in [0.2, 0.25) is 0 Å². The molecule has 21 heavy (non-hydrogen) atoms. The van der Waals surface area contributed by atoms with E-state index in [-0.39, 0.29) is 5.91 Å². The van der Waals surface area contributed by atoms with Crippen LogP contribution in [0.15, 0.2) is 18.2 Å². The first-order chi connectivity index (χ1) is 10.1. The summed E-state index contributed by atoms with van der Waals surface area (Å²) < 4.78 is 1.05. The molecule has 4 heteroatoms.